The van der Waals surface area contributed by atoms with Crippen LogP contribution in [0.5, 0.6) is 0 Å². The van der Waals surface area contributed by atoms with E-state index in [1.165, 1.54) is 0 Å². The van der Waals surface area contributed by atoms with Crippen LogP contribution in [0.25, 0.3) is 0 Å². The normalized spacial score (nSPS) is 18.9. The maximum absolute atomic E-state index is 10.7. The molecule has 256 valence electrons. The molecule has 0 aliphatic rings. The molecule has 0 aromatic heterocycles. The van der Waals surface area contributed by atoms with Gasteiger partial charge in [0.25, 0.3) is 46.9 Å². The predicted octanol–water partition coefficient (Wildman–Crippen LogP) is -9.79. The van der Waals surface area contributed by atoms with Crippen LogP contribution in [0.3, 0.4) is 0 Å². The van der Waals surface area contributed by atoms with Gasteiger partial charge in [0.05, 0.1) is 31.3 Å². The molecule has 4 atom stereocenters. The van der Waals surface area contributed by atoms with Gasteiger partial charge >= 0.3 is 136 Å². The summed E-state index contributed by atoms with van der Waals surface area (Å²) in [6, 6.07) is 0. The predicted molar refractivity (Wildman–Crippen MR) is 84.7 cm³/mol. The van der Waals surface area contributed by atoms with Crippen LogP contribution in [0.1, 0.15) is 0 Å². The average molecular weight is 1280 g/mol. The van der Waals surface area contributed by atoms with E-state index in [-0.39, 0.29) is 136 Å². The van der Waals surface area contributed by atoms with Crippen molar-refractivity contribution in [3.63, 3.8) is 0 Å². The molecule has 49 heavy (non-hydrogen) atoms. The van der Waals surface area contributed by atoms with Crippen molar-refractivity contribution in [3.05, 3.63) is 0 Å². The zero-order chi connectivity index (χ0) is 34.7. The van der Waals surface area contributed by atoms with Gasteiger partial charge < -0.3 is 86.8 Å². The molecule has 0 bridgehead atoms. The van der Waals surface area contributed by atoms with E-state index in [0.717, 1.165) is 0 Å². The summed E-state index contributed by atoms with van der Waals surface area (Å²) >= 11 is 0. The largest absolute Gasteiger partial charge is 2.00 e. The molecule has 49 heteroatoms. The van der Waals surface area contributed by atoms with Crippen LogP contribution in [0, 0.1) is 0 Å². The topological polar surface area (TPSA) is 567 Å². The Morgan fingerprint density at radius 1 is 0.204 bits per heavy atom. The molecule has 0 aromatic rings. The van der Waals surface area contributed by atoms with Crippen molar-refractivity contribution in [2.75, 3.05) is 0 Å². The third-order valence-electron chi connectivity index (χ3n) is 1.60. The summed E-state index contributed by atoms with van der Waals surface area (Å²) in [4.78, 5) is 143. The van der Waals surface area contributed by atoms with Crippen LogP contribution in [0.2, 0.25) is 0 Å². The monoisotopic (exact) mass is 1270 g/mol. The van der Waals surface area contributed by atoms with Crippen molar-refractivity contribution < 1.29 is 285 Å². The van der Waals surface area contributed by atoms with Gasteiger partial charge in [0, 0.05) is 0 Å². The van der Waals surface area contributed by atoms with Crippen molar-refractivity contribution in [1.29, 1.82) is 0 Å². The second-order valence-electron chi connectivity index (χ2n) is 5.13. The van der Waals surface area contributed by atoms with Crippen molar-refractivity contribution >= 4 is 78.2 Å². The third-order valence-corrected chi connectivity index (χ3v) is 14.4. The van der Waals surface area contributed by atoms with Crippen LogP contribution < -0.4 is 68.5 Å². The Morgan fingerprint density at radius 3 is 0.367 bits per heavy atom. The van der Waals surface area contributed by atoms with Crippen molar-refractivity contribution in [3.8, 4) is 0 Å². The van der Waals surface area contributed by atoms with Crippen LogP contribution in [0.4, 0.5) is 0 Å². The van der Waals surface area contributed by atoms with Gasteiger partial charge in [0.15, 0.2) is 0 Å². The molecule has 0 aromatic carbocycles. The van der Waals surface area contributed by atoms with Gasteiger partial charge in [-0.1, -0.05) is 0 Å². The minimum absolute atomic E-state index is 0. The van der Waals surface area contributed by atoms with Gasteiger partial charge in [-0.25, -0.2) is 17.2 Å². The van der Waals surface area contributed by atoms with E-state index in [0.29, 0.717) is 0 Å². The van der Waals surface area contributed by atoms with Crippen LogP contribution in [0.15, 0.2) is 0 Å². The van der Waals surface area contributed by atoms with Crippen LogP contribution in [-0.2, 0) is 216 Å². The van der Waals surface area contributed by atoms with Gasteiger partial charge in [-0.3, -0.25) is 44.6 Å². The Kier molecular flexibility index (Phi) is 42.5. The minimum atomic E-state index is -6.56. The first-order valence-corrected chi connectivity index (χ1v) is 21.9. The molecular weight excluding hydrogens is 1280 g/mol. The Balaban J connectivity index is -0.0000000816. The fourth-order valence-corrected chi connectivity index (χ4v) is 11.2. The molecule has 32 nitrogen and oxygen atoms in total. The van der Waals surface area contributed by atoms with E-state index in [1.54, 1.807) is 0 Å². The zero-order valence-electron chi connectivity index (χ0n) is 22.5. The molecule has 0 aliphatic carbocycles. The molecule has 0 saturated heterocycles. The smallest absolute Gasteiger partial charge is 0.790 e. The molecule has 0 heterocycles. The quantitative estimate of drug-likeness (QED) is 0.102. The Morgan fingerprint density at radius 2 is 0.286 bits per heavy atom. The Labute approximate surface area is 359 Å². The summed E-state index contributed by atoms with van der Waals surface area (Å²) in [7, 11) is -64.1. The molecule has 0 radical (unpaired) electrons. The van der Waals surface area contributed by atoms with Gasteiger partial charge in [-0.05, 0) is 0 Å². The Bertz CT molecular complexity index is 1230. The van der Waals surface area contributed by atoms with E-state index in [2.05, 4.69) is 34.5 Å². The number of phosphoric acid groups is 10. The first-order chi connectivity index (χ1) is 17.7. The molecule has 0 N–H and O–H groups in total. The standard InChI is InChI=1S/2H7O16P5.7Zn/c2*1-17(2,3)13-19(7,8)15-21(11,12)16-20(9,10)14-18(4,5)6;;;;;;;/h2*(H,7,8)(H,9,10)(H,11,12)(H2,1,2,3)(H2,4,5,6);;;;;;;/q;;7*+2/p-14. The number of hydrogen-bond acceptors (Lipinski definition) is 32. The second-order valence-corrected chi connectivity index (χ2v) is 19.3. The van der Waals surface area contributed by atoms with E-state index in [9.17, 15) is 114 Å². The molecular formula is O32P10Zn7. The number of rotatable bonds is 16. The fourth-order valence-electron chi connectivity index (χ4n) is 1.07. The molecule has 0 spiro atoms. The minimum Gasteiger partial charge on any atom is -0.790 e. The average Bonchev–Trinajstić information content (AvgIpc) is 2.37. The third kappa shape index (κ3) is 49.9. The van der Waals surface area contributed by atoms with Gasteiger partial charge in [0.2, 0.25) is 0 Å². The van der Waals surface area contributed by atoms with E-state index < -0.39 is 78.2 Å². The summed E-state index contributed by atoms with van der Waals surface area (Å²) in [6.45, 7) is 0. The molecule has 0 saturated carbocycles. The summed E-state index contributed by atoms with van der Waals surface area (Å²) in [5, 5.41) is 0. The van der Waals surface area contributed by atoms with Crippen molar-refractivity contribution in [2.24, 2.45) is 0 Å². The maximum atomic E-state index is 10.7. The first-order valence-electron chi connectivity index (χ1n) is 7.30. The SMILES string of the molecule is O=P([O-])([O-])OP(=O)([O-])OP(=O)([O-])OP(=O)([O-])OP(=O)([O-])[O-].O=P([O-])([O-])OP(=O)([O-])OP(=O)([O-])OP(=O)([O-])OP(=O)([O-])[O-].[Zn+2].[Zn+2].[Zn+2].[Zn+2].[Zn+2].[Zn+2].[Zn+2]. The molecule has 0 aliphatic heterocycles. The molecule has 0 rings (SSSR count). The van der Waals surface area contributed by atoms with Crippen LogP contribution in [-0.4, -0.2) is 0 Å². The Hall–Kier alpha value is 5.78. The zero-order valence-corrected chi connectivity index (χ0v) is 52.2. The van der Waals surface area contributed by atoms with Crippen molar-refractivity contribution in [2.45, 2.75) is 0 Å². The van der Waals surface area contributed by atoms with Crippen molar-refractivity contribution in [1.82, 2.24) is 0 Å². The summed E-state index contributed by atoms with van der Waals surface area (Å²) in [5.41, 5.74) is 0. The van der Waals surface area contributed by atoms with E-state index in [4.69, 9.17) is 0 Å². The molecule has 0 amide bonds. The number of hydrogen-bond donors (Lipinski definition) is 0. The summed E-state index contributed by atoms with van der Waals surface area (Å²) in [6.07, 6.45) is 0. The summed E-state index contributed by atoms with van der Waals surface area (Å²) < 4.78 is 125. The van der Waals surface area contributed by atoms with Crippen LogP contribution >= 0.6 is 78.2 Å². The molecule has 0 fully saturated rings. The van der Waals surface area contributed by atoms with Gasteiger partial charge in [0.1, 0.15) is 0 Å². The van der Waals surface area contributed by atoms with E-state index in [1.807, 2.05) is 0 Å². The van der Waals surface area contributed by atoms with E-state index >= 15 is 0 Å². The second kappa shape index (κ2) is 27.5. The van der Waals surface area contributed by atoms with Gasteiger partial charge in [-0.2, -0.15) is 0 Å². The summed E-state index contributed by atoms with van der Waals surface area (Å²) in [5.74, 6) is 0. The fraction of sp³-hybridized carbons (Fsp3) is 0. The maximum Gasteiger partial charge on any atom is 2.00 e. The first kappa shape index (κ1) is 75.6. The molecule has 4 unspecified atom stereocenters. The van der Waals surface area contributed by atoms with Gasteiger partial charge in [-0.15, -0.1) is 0 Å².